The lowest BCUT2D eigenvalue weighted by Gasteiger charge is -2.15. The Hall–Kier alpha value is -2.87. The summed E-state index contributed by atoms with van der Waals surface area (Å²) in [6, 6.07) is 8.21. The predicted octanol–water partition coefficient (Wildman–Crippen LogP) is 1.28. The number of carbonyl (C=O) groups excluding carboxylic acids is 1. The van der Waals surface area contributed by atoms with Crippen molar-refractivity contribution in [3.63, 3.8) is 0 Å². The molecule has 2 aromatic rings. The van der Waals surface area contributed by atoms with Crippen LogP contribution in [0.15, 0.2) is 35.1 Å². The van der Waals surface area contributed by atoms with Gasteiger partial charge in [0.25, 0.3) is 11.5 Å². The summed E-state index contributed by atoms with van der Waals surface area (Å²) in [7, 11) is 3.07. The molecule has 0 spiro atoms. The first-order chi connectivity index (χ1) is 13.1. The van der Waals surface area contributed by atoms with Crippen LogP contribution in [0.25, 0.3) is 0 Å². The van der Waals surface area contributed by atoms with Gasteiger partial charge in [-0.1, -0.05) is 6.07 Å². The van der Waals surface area contributed by atoms with Crippen molar-refractivity contribution in [3.05, 3.63) is 51.9 Å². The Bertz CT molecular complexity index is 859. The number of carbonyl (C=O) groups is 1. The SMILES string of the molecule is COc1cc(CNC(=O)c2ccc(=O)n(C)n2)ccc1OCC1CCCO1. The van der Waals surface area contributed by atoms with Crippen molar-refractivity contribution < 1.29 is 19.0 Å². The van der Waals surface area contributed by atoms with E-state index in [-0.39, 0.29) is 23.3 Å². The average molecular weight is 373 g/mol. The van der Waals surface area contributed by atoms with Crippen molar-refractivity contribution in [2.75, 3.05) is 20.3 Å². The fourth-order valence-corrected chi connectivity index (χ4v) is 2.80. The molecule has 1 amide bonds. The van der Waals surface area contributed by atoms with Crippen LogP contribution in [0.3, 0.4) is 0 Å². The largest absolute Gasteiger partial charge is 0.493 e. The number of benzene rings is 1. The zero-order chi connectivity index (χ0) is 19.2. The normalized spacial score (nSPS) is 16.1. The first-order valence-electron chi connectivity index (χ1n) is 8.80. The predicted molar refractivity (Wildman–Crippen MR) is 98.1 cm³/mol. The number of rotatable bonds is 7. The Morgan fingerprint density at radius 1 is 1.33 bits per heavy atom. The second-order valence-electron chi connectivity index (χ2n) is 6.29. The van der Waals surface area contributed by atoms with Gasteiger partial charge >= 0.3 is 0 Å². The molecule has 1 aliphatic rings. The topological polar surface area (TPSA) is 91.7 Å². The van der Waals surface area contributed by atoms with E-state index in [1.807, 2.05) is 18.2 Å². The van der Waals surface area contributed by atoms with E-state index in [1.165, 1.54) is 19.2 Å². The molecule has 8 nitrogen and oxygen atoms in total. The van der Waals surface area contributed by atoms with Gasteiger partial charge in [0.1, 0.15) is 12.3 Å². The summed E-state index contributed by atoms with van der Waals surface area (Å²) >= 11 is 0. The summed E-state index contributed by atoms with van der Waals surface area (Å²) in [4.78, 5) is 23.5. The third-order valence-electron chi connectivity index (χ3n) is 4.32. The molecule has 3 rings (SSSR count). The summed E-state index contributed by atoms with van der Waals surface area (Å²) in [5, 5.41) is 6.71. The Balaban J connectivity index is 1.60. The first-order valence-corrected chi connectivity index (χ1v) is 8.80. The molecular weight excluding hydrogens is 350 g/mol. The molecule has 0 bridgehead atoms. The van der Waals surface area contributed by atoms with E-state index in [1.54, 1.807) is 7.11 Å². The molecule has 1 aromatic heterocycles. The fraction of sp³-hybridized carbons (Fsp3) is 0.421. The number of hydrogen-bond donors (Lipinski definition) is 1. The van der Waals surface area contributed by atoms with Gasteiger partial charge in [0.15, 0.2) is 11.5 Å². The van der Waals surface area contributed by atoms with Crippen molar-refractivity contribution in [3.8, 4) is 11.5 Å². The van der Waals surface area contributed by atoms with Crippen LogP contribution in [0.4, 0.5) is 0 Å². The monoisotopic (exact) mass is 373 g/mol. The molecule has 1 fully saturated rings. The maximum Gasteiger partial charge on any atom is 0.271 e. The van der Waals surface area contributed by atoms with E-state index >= 15 is 0 Å². The number of aryl methyl sites for hydroxylation is 1. The maximum atomic E-state index is 12.2. The van der Waals surface area contributed by atoms with Crippen LogP contribution >= 0.6 is 0 Å². The molecule has 1 aliphatic heterocycles. The van der Waals surface area contributed by atoms with Gasteiger partial charge in [0.2, 0.25) is 0 Å². The smallest absolute Gasteiger partial charge is 0.271 e. The molecule has 1 unspecified atom stereocenters. The minimum absolute atomic E-state index is 0.128. The van der Waals surface area contributed by atoms with E-state index in [2.05, 4.69) is 10.4 Å². The van der Waals surface area contributed by atoms with Crippen LogP contribution in [0.1, 0.15) is 28.9 Å². The lowest BCUT2D eigenvalue weighted by molar-refractivity contribution is 0.0669. The van der Waals surface area contributed by atoms with E-state index in [0.717, 1.165) is 29.7 Å². The highest BCUT2D eigenvalue weighted by Gasteiger charge is 2.17. The average Bonchev–Trinajstić information content (AvgIpc) is 3.20. The van der Waals surface area contributed by atoms with Crippen molar-refractivity contribution in [1.82, 2.24) is 15.1 Å². The zero-order valence-electron chi connectivity index (χ0n) is 15.4. The lowest BCUT2D eigenvalue weighted by atomic mass is 10.2. The third kappa shape index (κ3) is 4.85. The molecule has 0 saturated carbocycles. The molecule has 27 heavy (non-hydrogen) atoms. The Kier molecular flexibility index (Phi) is 6.08. The number of ether oxygens (including phenoxy) is 3. The molecule has 8 heteroatoms. The quantitative estimate of drug-likeness (QED) is 0.786. The van der Waals surface area contributed by atoms with Gasteiger partial charge in [-0.05, 0) is 36.6 Å². The molecule has 2 heterocycles. The summed E-state index contributed by atoms with van der Waals surface area (Å²) < 4.78 is 17.9. The van der Waals surface area contributed by atoms with E-state index in [9.17, 15) is 9.59 Å². The lowest BCUT2D eigenvalue weighted by Crippen LogP contribution is -2.28. The van der Waals surface area contributed by atoms with Crippen LogP contribution in [0.2, 0.25) is 0 Å². The number of amides is 1. The molecular formula is C19H23N3O5. The van der Waals surface area contributed by atoms with Gasteiger partial charge in [0, 0.05) is 26.3 Å². The zero-order valence-corrected chi connectivity index (χ0v) is 15.4. The number of nitrogens with one attached hydrogen (secondary N) is 1. The second kappa shape index (κ2) is 8.68. The molecule has 144 valence electrons. The van der Waals surface area contributed by atoms with E-state index in [0.29, 0.717) is 24.7 Å². The molecule has 1 N–H and O–H groups in total. The van der Waals surface area contributed by atoms with Crippen LogP contribution in [0, 0.1) is 0 Å². The Morgan fingerprint density at radius 3 is 2.89 bits per heavy atom. The first kappa shape index (κ1) is 18.9. The van der Waals surface area contributed by atoms with Crippen LogP contribution in [0.5, 0.6) is 11.5 Å². The number of hydrogen-bond acceptors (Lipinski definition) is 6. The Morgan fingerprint density at radius 2 is 2.19 bits per heavy atom. The van der Waals surface area contributed by atoms with Crippen molar-refractivity contribution >= 4 is 5.91 Å². The van der Waals surface area contributed by atoms with Gasteiger partial charge in [0.05, 0.1) is 13.2 Å². The number of nitrogens with zero attached hydrogens (tertiary/aromatic N) is 2. The standard InChI is InChI=1S/C19H23N3O5/c1-22-18(23)8-6-15(21-22)19(24)20-11-13-5-7-16(17(10-13)25-2)27-12-14-4-3-9-26-14/h5-8,10,14H,3-4,9,11-12H2,1-2H3,(H,20,24). The summed E-state index contributed by atoms with van der Waals surface area (Å²) in [6.07, 6.45) is 2.20. The van der Waals surface area contributed by atoms with Crippen LogP contribution in [-0.4, -0.2) is 42.1 Å². The maximum absolute atomic E-state index is 12.2. The molecule has 1 aromatic carbocycles. The van der Waals surface area contributed by atoms with Crippen molar-refractivity contribution in [2.24, 2.45) is 7.05 Å². The van der Waals surface area contributed by atoms with E-state index in [4.69, 9.17) is 14.2 Å². The molecule has 1 saturated heterocycles. The fourth-order valence-electron chi connectivity index (χ4n) is 2.80. The summed E-state index contributed by atoms with van der Waals surface area (Å²) in [5.41, 5.74) is 0.768. The van der Waals surface area contributed by atoms with Crippen LogP contribution < -0.4 is 20.3 Å². The third-order valence-corrected chi connectivity index (χ3v) is 4.32. The highest BCUT2D eigenvalue weighted by Crippen LogP contribution is 2.29. The summed E-state index contributed by atoms with van der Waals surface area (Å²) in [5.74, 6) is 0.881. The number of methoxy groups -OCH3 is 1. The van der Waals surface area contributed by atoms with Gasteiger partial charge in [-0.3, -0.25) is 9.59 Å². The highest BCUT2D eigenvalue weighted by molar-refractivity contribution is 5.91. The van der Waals surface area contributed by atoms with Gasteiger partial charge in [-0.15, -0.1) is 0 Å². The van der Waals surface area contributed by atoms with Crippen molar-refractivity contribution in [2.45, 2.75) is 25.5 Å². The minimum atomic E-state index is -0.358. The molecule has 0 radical (unpaired) electrons. The second-order valence-corrected chi connectivity index (χ2v) is 6.29. The highest BCUT2D eigenvalue weighted by atomic mass is 16.5. The van der Waals surface area contributed by atoms with Crippen LogP contribution in [-0.2, 0) is 18.3 Å². The van der Waals surface area contributed by atoms with E-state index < -0.39 is 0 Å². The minimum Gasteiger partial charge on any atom is -0.493 e. The summed E-state index contributed by atoms with van der Waals surface area (Å²) in [6.45, 7) is 1.57. The van der Waals surface area contributed by atoms with Gasteiger partial charge in [-0.2, -0.15) is 5.10 Å². The Labute approximate surface area is 157 Å². The molecule has 0 aliphatic carbocycles. The number of aromatic nitrogens is 2. The van der Waals surface area contributed by atoms with Gasteiger partial charge < -0.3 is 19.5 Å². The molecule has 1 atom stereocenters. The van der Waals surface area contributed by atoms with Crippen molar-refractivity contribution in [1.29, 1.82) is 0 Å². The van der Waals surface area contributed by atoms with Gasteiger partial charge in [-0.25, -0.2) is 4.68 Å².